The second-order valence-corrected chi connectivity index (χ2v) is 6.53. The van der Waals surface area contributed by atoms with E-state index < -0.39 is 0 Å². The highest BCUT2D eigenvalue weighted by Gasteiger charge is 2.32. The Labute approximate surface area is 131 Å². The highest BCUT2D eigenvalue weighted by Crippen LogP contribution is 2.47. The van der Waals surface area contributed by atoms with E-state index in [1.807, 2.05) is 12.1 Å². The molecule has 22 heavy (non-hydrogen) atoms. The third kappa shape index (κ3) is 1.89. The number of ether oxygens (including phenoxy) is 2. The van der Waals surface area contributed by atoms with Crippen LogP contribution in [0, 0.1) is 5.92 Å². The van der Waals surface area contributed by atoms with Gasteiger partial charge in [-0.1, -0.05) is 0 Å². The summed E-state index contributed by atoms with van der Waals surface area (Å²) < 4.78 is 12.2. The molecule has 0 spiro atoms. The molecular weight excluding hydrogens is 298 g/mol. The van der Waals surface area contributed by atoms with Gasteiger partial charge in [0, 0.05) is 34.5 Å². The van der Waals surface area contributed by atoms with E-state index in [-0.39, 0.29) is 11.7 Å². The summed E-state index contributed by atoms with van der Waals surface area (Å²) in [7, 11) is 3.30. The van der Waals surface area contributed by atoms with Gasteiger partial charge in [-0.2, -0.15) is 0 Å². The number of nitrogens with zero attached hydrogens (tertiary/aromatic N) is 1. The highest BCUT2D eigenvalue weighted by atomic mass is 32.1. The summed E-state index contributed by atoms with van der Waals surface area (Å²) in [6.07, 6.45) is 5.52. The molecule has 0 unspecified atom stereocenters. The Kier molecular flexibility index (Phi) is 3.04. The lowest BCUT2D eigenvalue weighted by Crippen LogP contribution is -1.96. The highest BCUT2D eigenvalue weighted by molar-refractivity contribution is 7.21. The number of carbonyl (C=O) groups excluding carboxylic acids is 1. The van der Waals surface area contributed by atoms with Crippen LogP contribution in [0.2, 0.25) is 0 Å². The monoisotopic (exact) mass is 313 g/mol. The number of benzene rings is 1. The van der Waals surface area contributed by atoms with Gasteiger partial charge < -0.3 is 9.47 Å². The second kappa shape index (κ2) is 4.95. The fourth-order valence-corrected chi connectivity index (χ4v) is 4.07. The third-order valence-electron chi connectivity index (χ3n) is 4.09. The smallest absolute Gasteiger partial charge is 0.175 e. The Morgan fingerprint density at radius 3 is 2.64 bits per heavy atom. The molecule has 0 N–H and O–H groups in total. The molecule has 2 heterocycles. The number of aromatic nitrogens is 1. The van der Waals surface area contributed by atoms with Crippen molar-refractivity contribution in [3.8, 4) is 11.5 Å². The maximum absolute atomic E-state index is 12.4. The molecule has 2 aromatic heterocycles. The van der Waals surface area contributed by atoms with Crippen LogP contribution in [-0.4, -0.2) is 25.0 Å². The summed E-state index contributed by atoms with van der Waals surface area (Å²) in [4.78, 5) is 17.4. The maximum atomic E-state index is 12.4. The van der Waals surface area contributed by atoms with Crippen LogP contribution in [-0.2, 0) is 0 Å². The quantitative estimate of drug-likeness (QED) is 0.682. The van der Waals surface area contributed by atoms with Crippen molar-refractivity contribution in [1.82, 2.24) is 4.98 Å². The summed E-state index contributed by atoms with van der Waals surface area (Å²) in [6.45, 7) is 0. The van der Waals surface area contributed by atoms with E-state index in [4.69, 9.17) is 9.47 Å². The molecule has 4 rings (SSSR count). The number of Topliss-reactive ketones (excluding diaryl/α,β-unsaturated/α-hetero) is 1. The SMILES string of the molecule is COc1c2cnccc2c(OC)c2sc(C(=O)C3CC3)cc12. The molecule has 0 amide bonds. The summed E-state index contributed by atoms with van der Waals surface area (Å²) >= 11 is 1.49. The van der Waals surface area contributed by atoms with Gasteiger partial charge in [0.2, 0.25) is 0 Å². The van der Waals surface area contributed by atoms with E-state index in [1.54, 1.807) is 26.6 Å². The van der Waals surface area contributed by atoms with Crippen LogP contribution in [0.25, 0.3) is 20.9 Å². The van der Waals surface area contributed by atoms with E-state index in [0.717, 1.165) is 50.1 Å². The van der Waals surface area contributed by atoms with Crippen molar-refractivity contribution in [2.45, 2.75) is 12.8 Å². The molecule has 1 fully saturated rings. The Bertz CT molecular complexity index is 835. The summed E-state index contributed by atoms with van der Waals surface area (Å²) in [5.41, 5.74) is 0. The van der Waals surface area contributed by atoms with Gasteiger partial charge in [0.05, 0.1) is 23.8 Å². The topological polar surface area (TPSA) is 48.4 Å². The Hall–Kier alpha value is -2.14. The van der Waals surface area contributed by atoms with E-state index in [2.05, 4.69) is 4.98 Å². The molecule has 0 bridgehead atoms. The largest absolute Gasteiger partial charge is 0.495 e. The molecular formula is C17H15NO3S. The van der Waals surface area contributed by atoms with Gasteiger partial charge in [-0.3, -0.25) is 9.78 Å². The summed E-state index contributed by atoms with van der Waals surface area (Å²) in [5.74, 6) is 1.99. The molecule has 0 atom stereocenters. The molecule has 1 aromatic carbocycles. The number of fused-ring (bicyclic) bond motifs is 2. The standard InChI is InChI=1S/C17H15NO3S/c1-20-15-11-7-13(14(19)9-3-4-9)22-17(11)16(21-2)10-5-6-18-8-12(10)15/h5-9H,3-4H2,1-2H3. The molecule has 1 aliphatic carbocycles. The zero-order valence-electron chi connectivity index (χ0n) is 12.4. The predicted octanol–water partition coefficient (Wildman–Crippen LogP) is 4.06. The van der Waals surface area contributed by atoms with E-state index >= 15 is 0 Å². The number of ketones is 1. The van der Waals surface area contributed by atoms with Crippen LogP contribution in [0.5, 0.6) is 11.5 Å². The third-order valence-corrected chi connectivity index (χ3v) is 5.24. The van der Waals surface area contributed by atoms with Crippen molar-refractivity contribution >= 4 is 38.0 Å². The minimum Gasteiger partial charge on any atom is -0.495 e. The molecule has 112 valence electrons. The van der Waals surface area contributed by atoms with Gasteiger partial charge in [0.1, 0.15) is 11.5 Å². The molecule has 4 nitrogen and oxygen atoms in total. The zero-order chi connectivity index (χ0) is 15.3. The van der Waals surface area contributed by atoms with Crippen molar-refractivity contribution in [2.75, 3.05) is 14.2 Å². The fraction of sp³-hybridized carbons (Fsp3) is 0.294. The lowest BCUT2D eigenvalue weighted by Gasteiger charge is -2.11. The number of carbonyl (C=O) groups is 1. The number of hydrogen-bond acceptors (Lipinski definition) is 5. The second-order valence-electron chi connectivity index (χ2n) is 5.48. The molecule has 1 aliphatic rings. The van der Waals surface area contributed by atoms with Crippen LogP contribution in [0.4, 0.5) is 0 Å². The minimum absolute atomic E-state index is 0.209. The summed E-state index contributed by atoms with van der Waals surface area (Å²) in [5, 5.41) is 2.78. The molecule has 0 aliphatic heterocycles. The lowest BCUT2D eigenvalue weighted by molar-refractivity contribution is 0.0971. The van der Waals surface area contributed by atoms with Crippen molar-refractivity contribution in [1.29, 1.82) is 0 Å². The normalized spacial score (nSPS) is 14.5. The number of pyridine rings is 1. The van der Waals surface area contributed by atoms with Gasteiger partial charge in [-0.15, -0.1) is 11.3 Å². The number of methoxy groups -OCH3 is 2. The van der Waals surface area contributed by atoms with Crippen LogP contribution >= 0.6 is 11.3 Å². The van der Waals surface area contributed by atoms with Crippen molar-refractivity contribution in [2.24, 2.45) is 5.92 Å². The summed E-state index contributed by atoms with van der Waals surface area (Å²) in [6, 6.07) is 3.85. The zero-order valence-corrected chi connectivity index (χ0v) is 13.2. The Morgan fingerprint density at radius 2 is 1.95 bits per heavy atom. The predicted molar refractivity (Wildman–Crippen MR) is 87.3 cm³/mol. The Morgan fingerprint density at radius 1 is 1.18 bits per heavy atom. The molecule has 5 heteroatoms. The van der Waals surface area contributed by atoms with E-state index in [1.165, 1.54) is 11.3 Å². The molecule has 0 radical (unpaired) electrons. The number of hydrogen-bond donors (Lipinski definition) is 0. The van der Waals surface area contributed by atoms with Gasteiger partial charge in [0.25, 0.3) is 0 Å². The molecule has 0 saturated heterocycles. The van der Waals surface area contributed by atoms with Gasteiger partial charge >= 0.3 is 0 Å². The lowest BCUT2D eigenvalue weighted by atomic mass is 10.1. The van der Waals surface area contributed by atoms with Crippen LogP contribution in [0.3, 0.4) is 0 Å². The average molecular weight is 313 g/mol. The first kappa shape index (κ1) is 13.5. The first-order chi connectivity index (χ1) is 10.7. The first-order valence-electron chi connectivity index (χ1n) is 7.20. The Balaban J connectivity index is 2.08. The maximum Gasteiger partial charge on any atom is 0.175 e. The van der Waals surface area contributed by atoms with Crippen LogP contribution < -0.4 is 9.47 Å². The molecule has 1 saturated carbocycles. The van der Waals surface area contributed by atoms with Gasteiger partial charge in [-0.25, -0.2) is 0 Å². The number of rotatable bonds is 4. The average Bonchev–Trinajstić information content (AvgIpc) is 3.31. The van der Waals surface area contributed by atoms with Crippen molar-refractivity contribution in [3.63, 3.8) is 0 Å². The van der Waals surface area contributed by atoms with E-state index in [0.29, 0.717) is 0 Å². The number of thiophene rings is 1. The first-order valence-corrected chi connectivity index (χ1v) is 8.01. The molecule has 3 aromatic rings. The van der Waals surface area contributed by atoms with Crippen LogP contribution in [0.1, 0.15) is 22.5 Å². The van der Waals surface area contributed by atoms with Gasteiger partial charge in [-0.05, 0) is 25.0 Å². The van der Waals surface area contributed by atoms with Crippen LogP contribution in [0.15, 0.2) is 24.5 Å². The fourth-order valence-electron chi connectivity index (χ4n) is 2.86. The van der Waals surface area contributed by atoms with Crippen molar-refractivity contribution in [3.05, 3.63) is 29.4 Å². The van der Waals surface area contributed by atoms with E-state index in [9.17, 15) is 4.79 Å². The van der Waals surface area contributed by atoms with Crippen molar-refractivity contribution < 1.29 is 14.3 Å². The minimum atomic E-state index is 0.209. The van der Waals surface area contributed by atoms with Gasteiger partial charge in [0.15, 0.2) is 5.78 Å².